The van der Waals surface area contributed by atoms with Crippen LogP contribution in [0.3, 0.4) is 0 Å². The van der Waals surface area contributed by atoms with Crippen molar-refractivity contribution in [2.24, 2.45) is 5.41 Å². The Morgan fingerprint density at radius 2 is 1.76 bits per heavy atom. The molecule has 0 spiro atoms. The molecule has 21 heavy (non-hydrogen) atoms. The topological polar surface area (TPSA) is 18.5 Å². The molecular weight excluding hydrogens is 348 g/mol. The SMILES string of the molecule is CCCC(CBr)(CCC)CSc1ccc2c(c1)OCCO2. The predicted molar refractivity (Wildman–Crippen MR) is 94.2 cm³/mol. The molecule has 0 saturated carbocycles. The molecule has 0 radical (unpaired) electrons. The van der Waals surface area contributed by atoms with Crippen molar-refractivity contribution in [3.05, 3.63) is 18.2 Å². The number of ether oxygens (including phenoxy) is 2. The van der Waals surface area contributed by atoms with Crippen LogP contribution < -0.4 is 9.47 Å². The van der Waals surface area contributed by atoms with Gasteiger partial charge in [-0.25, -0.2) is 0 Å². The molecule has 1 aromatic rings. The molecule has 0 aromatic heterocycles. The van der Waals surface area contributed by atoms with Crippen molar-refractivity contribution in [1.29, 1.82) is 0 Å². The molecule has 0 atom stereocenters. The molecule has 2 nitrogen and oxygen atoms in total. The van der Waals surface area contributed by atoms with E-state index in [1.165, 1.54) is 30.6 Å². The molecule has 1 aliphatic heterocycles. The Morgan fingerprint density at radius 1 is 1.10 bits per heavy atom. The summed E-state index contributed by atoms with van der Waals surface area (Å²) in [4.78, 5) is 1.27. The first-order valence-corrected chi connectivity index (χ1v) is 9.92. The van der Waals surface area contributed by atoms with Gasteiger partial charge in [0.15, 0.2) is 11.5 Å². The van der Waals surface area contributed by atoms with Crippen LogP contribution in [-0.2, 0) is 0 Å². The summed E-state index contributed by atoms with van der Waals surface area (Å²) in [6.07, 6.45) is 5.05. The standard InChI is InChI=1S/C17H25BrO2S/c1-3-7-17(12-18,8-4-2)13-21-14-5-6-15-16(11-14)20-10-9-19-15/h5-6,11H,3-4,7-10,12-13H2,1-2H3. The molecule has 1 aliphatic rings. The van der Waals surface area contributed by atoms with Gasteiger partial charge in [-0.15, -0.1) is 11.8 Å². The molecular formula is C17H25BrO2S. The van der Waals surface area contributed by atoms with Crippen LogP contribution in [0.1, 0.15) is 39.5 Å². The Kier molecular flexibility index (Phi) is 6.74. The molecule has 4 heteroatoms. The third-order valence-electron chi connectivity index (χ3n) is 3.90. The van der Waals surface area contributed by atoms with Gasteiger partial charge in [-0.3, -0.25) is 0 Å². The molecule has 0 amide bonds. The van der Waals surface area contributed by atoms with Crippen LogP contribution in [0.5, 0.6) is 11.5 Å². The average molecular weight is 373 g/mol. The lowest BCUT2D eigenvalue weighted by atomic mass is 9.83. The fourth-order valence-corrected chi connectivity index (χ4v) is 5.09. The van der Waals surface area contributed by atoms with Crippen molar-refractivity contribution in [2.75, 3.05) is 24.3 Å². The quantitative estimate of drug-likeness (QED) is 0.441. The molecule has 0 unspecified atom stereocenters. The summed E-state index contributed by atoms with van der Waals surface area (Å²) in [6.45, 7) is 5.86. The highest BCUT2D eigenvalue weighted by Crippen LogP contribution is 2.40. The third-order valence-corrected chi connectivity index (χ3v) is 6.44. The number of fused-ring (bicyclic) bond motifs is 1. The maximum absolute atomic E-state index is 5.67. The minimum atomic E-state index is 0.404. The molecule has 0 fully saturated rings. The van der Waals surface area contributed by atoms with Gasteiger partial charge in [-0.2, -0.15) is 0 Å². The van der Waals surface area contributed by atoms with Crippen LogP contribution in [0.15, 0.2) is 23.1 Å². The maximum Gasteiger partial charge on any atom is 0.162 e. The maximum atomic E-state index is 5.67. The summed E-state index contributed by atoms with van der Waals surface area (Å²) in [7, 11) is 0. The van der Waals surface area contributed by atoms with Crippen molar-refractivity contribution in [3.8, 4) is 11.5 Å². The van der Waals surface area contributed by atoms with Gasteiger partial charge in [0.25, 0.3) is 0 Å². The highest BCUT2D eigenvalue weighted by Gasteiger charge is 2.27. The monoisotopic (exact) mass is 372 g/mol. The first kappa shape index (κ1) is 17.0. The second-order valence-electron chi connectivity index (χ2n) is 5.73. The van der Waals surface area contributed by atoms with Crippen LogP contribution in [0, 0.1) is 5.41 Å². The van der Waals surface area contributed by atoms with E-state index in [-0.39, 0.29) is 0 Å². The number of hydrogen-bond acceptors (Lipinski definition) is 3. The zero-order chi connectivity index (χ0) is 15.1. The van der Waals surface area contributed by atoms with E-state index in [1.54, 1.807) is 0 Å². The Balaban J connectivity index is 2.03. The van der Waals surface area contributed by atoms with E-state index in [0.717, 1.165) is 22.6 Å². The Hall–Kier alpha value is -0.350. The van der Waals surface area contributed by atoms with E-state index in [9.17, 15) is 0 Å². The largest absolute Gasteiger partial charge is 0.486 e. The lowest BCUT2D eigenvalue weighted by Gasteiger charge is -2.31. The van der Waals surface area contributed by atoms with Gasteiger partial charge in [-0.05, 0) is 36.5 Å². The average Bonchev–Trinajstić information content (AvgIpc) is 2.53. The minimum Gasteiger partial charge on any atom is -0.486 e. The lowest BCUT2D eigenvalue weighted by molar-refractivity contribution is 0.171. The van der Waals surface area contributed by atoms with E-state index in [2.05, 4.69) is 41.9 Å². The number of halogens is 1. The van der Waals surface area contributed by atoms with Gasteiger partial charge in [0.2, 0.25) is 0 Å². The van der Waals surface area contributed by atoms with Crippen molar-refractivity contribution < 1.29 is 9.47 Å². The van der Waals surface area contributed by atoms with Gasteiger partial charge in [0.1, 0.15) is 13.2 Å². The molecule has 1 heterocycles. The first-order chi connectivity index (χ1) is 10.2. The van der Waals surface area contributed by atoms with Gasteiger partial charge >= 0.3 is 0 Å². The number of hydrogen-bond donors (Lipinski definition) is 0. The number of alkyl halides is 1. The highest BCUT2D eigenvalue weighted by atomic mass is 79.9. The highest BCUT2D eigenvalue weighted by molar-refractivity contribution is 9.09. The Labute approximate surface area is 141 Å². The van der Waals surface area contributed by atoms with Gasteiger partial charge in [-0.1, -0.05) is 42.6 Å². The van der Waals surface area contributed by atoms with Crippen LogP contribution in [0.4, 0.5) is 0 Å². The molecule has 2 rings (SSSR count). The molecule has 0 bridgehead atoms. The second-order valence-corrected chi connectivity index (χ2v) is 7.34. The second kappa shape index (κ2) is 8.33. The Morgan fingerprint density at radius 3 is 2.38 bits per heavy atom. The van der Waals surface area contributed by atoms with Crippen molar-refractivity contribution in [3.63, 3.8) is 0 Å². The normalized spacial score (nSPS) is 14.2. The van der Waals surface area contributed by atoms with Crippen molar-refractivity contribution in [2.45, 2.75) is 44.4 Å². The van der Waals surface area contributed by atoms with E-state index in [4.69, 9.17) is 9.47 Å². The van der Waals surface area contributed by atoms with Gasteiger partial charge in [0.05, 0.1) is 0 Å². The van der Waals surface area contributed by atoms with E-state index >= 15 is 0 Å². The molecule has 118 valence electrons. The minimum absolute atomic E-state index is 0.404. The van der Waals surface area contributed by atoms with Crippen LogP contribution in [0.2, 0.25) is 0 Å². The van der Waals surface area contributed by atoms with Crippen LogP contribution >= 0.6 is 27.7 Å². The zero-order valence-corrected chi connectivity index (χ0v) is 15.4. The van der Waals surface area contributed by atoms with Crippen molar-refractivity contribution >= 4 is 27.7 Å². The van der Waals surface area contributed by atoms with E-state index < -0.39 is 0 Å². The smallest absolute Gasteiger partial charge is 0.162 e. The fourth-order valence-electron chi connectivity index (χ4n) is 2.85. The van der Waals surface area contributed by atoms with Crippen LogP contribution in [0.25, 0.3) is 0 Å². The van der Waals surface area contributed by atoms with Gasteiger partial charge in [0, 0.05) is 16.0 Å². The molecule has 0 N–H and O–H groups in total. The number of thioether (sulfide) groups is 1. The van der Waals surface area contributed by atoms with E-state index in [1.807, 2.05) is 17.8 Å². The van der Waals surface area contributed by atoms with E-state index in [0.29, 0.717) is 18.6 Å². The van der Waals surface area contributed by atoms with Crippen molar-refractivity contribution in [1.82, 2.24) is 0 Å². The summed E-state index contributed by atoms with van der Waals surface area (Å²) in [5.74, 6) is 2.92. The summed E-state index contributed by atoms with van der Waals surface area (Å²) >= 11 is 5.69. The third kappa shape index (κ3) is 4.56. The summed E-state index contributed by atoms with van der Waals surface area (Å²) in [5, 5.41) is 1.08. The molecule has 0 aliphatic carbocycles. The fraction of sp³-hybridized carbons (Fsp3) is 0.647. The Bertz CT molecular complexity index is 444. The first-order valence-electron chi connectivity index (χ1n) is 7.81. The molecule has 0 saturated heterocycles. The summed E-state index contributed by atoms with van der Waals surface area (Å²) < 4.78 is 11.3. The zero-order valence-electron chi connectivity index (χ0n) is 13.0. The number of benzene rings is 1. The number of rotatable bonds is 8. The van der Waals surface area contributed by atoms with Crippen LogP contribution in [-0.4, -0.2) is 24.3 Å². The summed E-state index contributed by atoms with van der Waals surface area (Å²) in [6, 6.07) is 6.30. The van der Waals surface area contributed by atoms with Gasteiger partial charge < -0.3 is 9.47 Å². The lowest BCUT2D eigenvalue weighted by Crippen LogP contribution is -2.25. The summed E-state index contributed by atoms with van der Waals surface area (Å²) in [5.41, 5.74) is 0.404. The predicted octanol–water partition coefficient (Wildman–Crippen LogP) is 5.53. The molecule has 1 aromatic carbocycles.